The lowest BCUT2D eigenvalue weighted by Crippen LogP contribution is -2.62. The second-order valence-electron chi connectivity index (χ2n) is 15.1. The van der Waals surface area contributed by atoms with Gasteiger partial charge in [-0.3, -0.25) is 9.59 Å². The van der Waals surface area contributed by atoms with Crippen molar-refractivity contribution in [2.45, 2.75) is 141 Å². The van der Waals surface area contributed by atoms with E-state index in [0.717, 1.165) is 11.6 Å². The van der Waals surface area contributed by atoms with E-state index < -0.39 is 82.9 Å². The Kier molecular flexibility index (Phi) is 13.8. The van der Waals surface area contributed by atoms with Gasteiger partial charge in [0.25, 0.3) is 0 Å². The van der Waals surface area contributed by atoms with E-state index >= 15 is 0 Å². The lowest BCUT2D eigenvalue weighted by Gasteiger charge is -2.53. The molecule has 0 radical (unpaired) electrons. The predicted octanol–water partition coefficient (Wildman–Crippen LogP) is 4.50. The van der Waals surface area contributed by atoms with Gasteiger partial charge in [0.15, 0.2) is 11.9 Å². The number of rotatable bonds is 3. The van der Waals surface area contributed by atoms with Crippen LogP contribution in [0, 0.1) is 20.7 Å². The summed E-state index contributed by atoms with van der Waals surface area (Å²) in [4.78, 5) is 50.2. The fraction of sp³-hybridized carbons (Fsp3) is 0.684. The number of hydrogen-bond donors (Lipinski definition) is 2. The monoisotopic (exact) mass is 842 g/mol. The van der Waals surface area contributed by atoms with E-state index in [1.807, 2.05) is 0 Å². The predicted molar refractivity (Wildman–Crippen MR) is 194 cm³/mol. The van der Waals surface area contributed by atoms with Crippen LogP contribution in [0.25, 0.3) is 0 Å². The number of cyclic esters (lactones) is 1. The second-order valence-corrected chi connectivity index (χ2v) is 15.6. The van der Waals surface area contributed by atoms with Crippen LogP contribution in [-0.4, -0.2) is 96.0 Å². The molecule has 4 unspecified atom stereocenters. The maximum Gasteiger partial charge on any atom is 0.385 e. The third-order valence-electron chi connectivity index (χ3n) is 10.5. The standard InChI is InChI=1S/C38H51IO13/c1-23-17-26-11-14-35(3,4)38(45)34(50-32(42)12-15-39)25(20-33(43)46-7)19-28(52-38)13-16-47-31(41)10-8-9-27-21-30(48-24(2)40)36(5,6)37(44,51-27)22-29(18-23)49-26/h11,14,20,26-30,34,44-45H,1,8-10,13,16-19,21-22H2,2-7H3/b14-11+,25-20+/t26-,27?,28?,29-,30?,34-,37-,38?/m0/s1. The van der Waals surface area contributed by atoms with E-state index in [1.54, 1.807) is 62.4 Å². The van der Waals surface area contributed by atoms with Gasteiger partial charge < -0.3 is 43.4 Å². The SMILES string of the molecule is C=C1C[C@H]2C[C@]3(O)OC(CCCC(=O)OCCC4C/C(=C\C(=O)OC)[C@H](OC(=O)C#CI)C(O)(O4)C(C)(C)/C=C/[C@@H](C1)O2)CC(OC(C)=O)C3(C)C. The highest BCUT2D eigenvalue weighted by Crippen LogP contribution is 2.50. The summed E-state index contributed by atoms with van der Waals surface area (Å²) in [5.41, 5.74) is -1.23. The van der Waals surface area contributed by atoms with Crippen LogP contribution in [0.15, 0.2) is 36.0 Å². The van der Waals surface area contributed by atoms with Crippen LogP contribution in [0.2, 0.25) is 0 Å². The maximum atomic E-state index is 12.8. The largest absolute Gasteiger partial charge is 0.466 e. The van der Waals surface area contributed by atoms with E-state index in [-0.39, 0.29) is 37.9 Å². The molecule has 0 saturated carbocycles. The molecule has 4 aliphatic rings. The van der Waals surface area contributed by atoms with Gasteiger partial charge in [-0.1, -0.05) is 52.0 Å². The van der Waals surface area contributed by atoms with Crippen LogP contribution in [0.5, 0.6) is 0 Å². The van der Waals surface area contributed by atoms with Crippen LogP contribution in [-0.2, 0) is 52.3 Å². The molecule has 4 rings (SSSR count). The summed E-state index contributed by atoms with van der Waals surface area (Å²) < 4.78 is 43.5. The van der Waals surface area contributed by atoms with Gasteiger partial charge in [-0.2, -0.15) is 0 Å². The minimum atomic E-state index is -2.25. The molecule has 0 aromatic heterocycles. The molecule has 52 heavy (non-hydrogen) atoms. The Morgan fingerprint density at radius 2 is 1.77 bits per heavy atom. The van der Waals surface area contributed by atoms with Crippen molar-refractivity contribution in [3.05, 3.63) is 36.0 Å². The first-order valence-corrected chi connectivity index (χ1v) is 18.7. The van der Waals surface area contributed by atoms with Crippen LogP contribution < -0.4 is 0 Å². The Bertz CT molecular complexity index is 1500. The topological polar surface area (TPSA) is 173 Å². The van der Waals surface area contributed by atoms with E-state index in [4.69, 9.17) is 33.2 Å². The van der Waals surface area contributed by atoms with Crippen molar-refractivity contribution in [3.63, 3.8) is 0 Å². The lowest BCUT2D eigenvalue weighted by atomic mass is 9.70. The molecule has 6 bridgehead atoms. The molecular formula is C38H51IO13. The summed E-state index contributed by atoms with van der Waals surface area (Å²) in [6, 6.07) is 0. The molecule has 3 fully saturated rings. The van der Waals surface area contributed by atoms with Crippen LogP contribution >= 0.6 is 22.6 Å². The van der Waals surface area contributed by atoms with Gasteiger partial charge in [0.05, 0.1) is 43.5 Å². The Balaban J connectivity index is 1.75. The molecular weight excluding hydrogens is 791 g/mol. The first-order valence-electron chi connectivity index (χ1n) is 17.6. The second kappa shape index (κ2) is 17.1. The summed E-state index contributed by atoms with van der Waals surface area (Å²) in [6.07, 6.45) is 2.43. The van der Waals surface area contributed by atoms with Crippen LogP contribution in [0.4, 0.5) is 0 Å². The quantitative estimate of drug-likeness (QED) is 0.102. The molecule has 8 atom stereocenters. The molecule has 0 amide bonds. The van der Waals surface area contributed by atoms with Gasteiger partial charge in [-0.05, 0) is 41.6 Å². The minimum absolute atomic E-state index is 0.0370. The number of carbonyl (C=O) groups is 4. The molecule has 13 nitrogen and oxygen atoms in total. The zero-order valence-electron chi connectivity index (χ0n) is 30.7. The van der Waals surface area contributed by atoms with Crippen molar-refractivity contribution < 1.29 is 62.5 Å². The average molecular weight is 843 g/mol. The molecule has 2 N–H and O–H groups in total. The van der Waals surface area contributed by atoms with E-state index in [1.165, 1.54) is 14.0 Å². The number of esters is 4. The Morgan fingerprint density at radius 3 is 2.44 bits per heavy atom. The molecule has 3 saturated heterocycles. The third kappa shape index (κ3) is 9.83. The fourth-order valence-electron chi connectivity index (χ4n) is 7.34. The van der Waals surface area contributed by atoms with Gasteiger partial charge in [0, 0.05) is 72.6 Å². The molecule has 288 valence electrons. The van der Waals surface area contributed by atoms with Crippen LogP contribution in [0.3, 0.4) is 0 Å². The molecule has 4 aliphatic heterocycles. The highest BCUT2D eigenvalue weighted by Gasteiger charge is 2.59. The number of ether oxygens (including phenoxy) is 7. The molecule has 0 aromatic carbocycles. The van der Waals surface area contributed by atoms with Crippen molar-refractivity contribution in [2.24, 2.45) is 10.8 Å². The first kappa shape index (κ1) is 41.9. The molecule has 0 aromatic rings. The Labute approximate surface area is 318 Å². The third-order valence-corrected chi connectivity index (χ3v) is 10.7. The van der Waals surface area contributed by atoms with Crippen molar-refractivity contribution in [2.75, 3.05) is 13.7 Å². The Morgan fingerprint density at radius 1 is 1.04 bits per heavy atom. The first-order chi connectivity index (χ1) is 24.3. The number of halogens is 1. The fourth-order valence-corrected chi connectivity index (χ4v) is 7.56. The zero-order chi connectivity index (χ0) is 38.5. The summed E-state index contributed by atoms with van der Waals surface area (Å²) in [7, 11) is 1.21. The van der Waals surface area contributed by atoms with Crippen molar-refractivity contribution in [3.8, 4) is 9.85 Å². The molecule has 0 aliphatic carbocycles. The van der Waals surface area contributed by atoms with Crippen molar-refractivity contribution >= 4 is 46.5 Å². The van der Waals surface area contributed by atoms with Gasteiger partial charge in [0.1, 0.15) is 6.10 Å². The van der Waals surface area contributed by atoms with Gasteiger partial charge >= 0.3 is 23.9 Å². The summed E-state index contributed by atoms with van der Waals surface area (Å²) in [6.45, 7) is 12.4. The normalized spacial score (nSPS) is 36.5. The average Bonchev–Trinajstić information content (AvgIpc) is 3.03. The highest BCUT2D eigenvalue weighted by atomic mass is 127. The van der Waals surface area contributed by atoms with E-state index in [9.17, 15) is 29.4 Å². The number of fused-ring (bicyclic) bond motifs is 6. The maximum absolute atomic E-state index is 12.8. The summed E-state index contributed by atoms with van der Waals surface area (Å²) in [5, 5.41) is 24.7. The highest BCUT2D eigenvalue weighted by molar-refractivity contribution is 14.1. The smallest absolute Gasteiger partial charge is 0.385 e. The van der Waals surface area contributed by atoms with Crippen LogP contribution in [0.1, 0.15) is 92.4 Å². The minimum Gasteiger partial charge on any atom is -0.466 e. The zero-order valence-corrected chi connectivity index (χ0v) is 32.9. The van der Waals surface area contributed by atoms with Crippen molar-refractivity contribution in [1.82, 2.24) is 0 Å². The van der Waals surface area contributed by atoms with Crippen molar-refractivity contribution in [1.29, 1.82) is 0 Å². The van der Waals surface area contributed by atoms with Gasteiger partial charge in [0.2, 0.25) is 5.79 Å². The Hall–Kier alpha value is -2.81. The van der Waals surface area contributed by atoms with E-state index in [2.05, 4.69) is 16.4 Å². The number of methoxy groups -OCH3 is 1. The summed E-state index contributed by atoms with van der Waals surface area (Å²) in [5.74, 6) is -4.33. The number of hydrogen-bond acceptors (Lipinski definition) is 13. The number of aliphatic hydroxyl groups is 2. The lowest BCUT2D eigenvalue weighted by molar-refractivity contribution is -0.347. The number of carbonyl (C=O) groups excluding carboxylic acids is 4. The van der Waals surface area contributed by atoms with E-state index in [0.29, 0.717) is 32.1 Å². The molecule has 4 heterocycles. The molecule has 14 heteroatoms. The summed E-state index contributed by atoms with van der Waals surface area (Å²) >= 11 is 1.69. The van der Waals surface area contributed by atoms with Gasteiger partial charge in [-0.15, -0.1) is 0 Å². The van der Waals surface area contributed by atoms with Gasteiger partial charge in [-0.25, -0.2) is 9.59 Å². The molecule has 0 spiro atoms.